The number of carbonyl (C=O) groups excluding carboxylic acids is 1. The number of benzene rings is 2. The second kappa shape index (κ2) is 9.62. The van der Waals surface area contributed by atoms with Crippen molar-refractivity contribution >= 4 is 11.9 Å². The van der Waals surface area contributed by atoms with E-state index in [-0.39, 0.29) is 5.91 Å². The average Bonchev–Trinajstić information content (AvgIpc) is 2.65. The van der Waals surface area contributed by atoms with Crippen molar-refractivity contribution in [3.8, 4) is 11.5 Å². The summed E-state index contributed by atoms with van der Waals surface area (Å²) < 4.78 is 10.9. The van der Waals surface area contributed by atoms with Crippen LogP contribution in [-0.2, 0) is 16.1 Å². The summed E-state index contributed by atoms with van der Waals surface area (Å²) >= 11 is 0. The van der Waals surface area contributed by atoms with Crippen LogP contribution in [0.3, 0.4) is 0 Å². The van der Waals surface area contributed by atoms with E-state index in [9.17, 15) is 9.59 Å². The molecule has 0 heterocycles. The summed E-state index contributed by atoms with van der Waals surface area (Å²) in [5.74, 6) is 0.211. The summed E-state index contributed by atoms with van der Waals surface area (Å²) in [7, 11) is 0. The quantitative estimate of drug-likeness (QED) is 0.706. The van der Waals surface area contributed by atoms with Crippen LogP contribution in [0.25, 0.3) is 0 Å². The molecule has 0 aliphatic heterocycles. The Labute approximate surface area is 159 Å². The highest BCUT2D eigenvalue weighted by Crippen LogP contribution is 2.21. The molecule has 0 fully saturated rings. The molecule has 1 amide bonds. The van der Waals surface area contributed by atoms with E-state index < -0.39 is 18.7 Å². The molecule has 27 heavy (non-hydrogen) atoms. The minimum absolute atomic E-state index is 0.234. The predicted octanol–water partition coefficient (Wildman–Crippen LogP) is 3.36. The van der Waals surface area contributed by atoms with Crippen molar-refractivity contribution in [2.45, 2.75) is 39.3 Å². The molecule has 6 heteroatoms. The molecule has 0 spiro atoms. The van der Waals surface area contributed by atoms with Crippen LogP contribution in [-0.4, -0.2) is 29.7 Å². The van der Waals surface area contributed by atoms with Crippen molar-refractivity contribution in [1.82, 2.24) is 5.32 Å². The Morgan fingerprint density at radius 1 is 1.04 bits per heavy atom. The predicted molar refractivity (Wildman–Crippen MR) is 102 cm³/mol. The first-order valence-corrected chi connectivity index (χ1v) is 8.83. The van der Waals surface area contributed by atoms with Gasteiger partial charge in [-0.2, -0.15) is 0 Å². The lowest BCUT2D eigenvalue weighted by atomic mass is 10.0. The molecule has 0 aromatic heterocycles. The lowest BCUT2D eigenvalue weighted by molar-refractivity contribution is -0.139. The Morgan fingerprint density at radius 3 is 2.44 bits per heavy atom. The molecular formula is C21H25NO5. The van der Waals surface area contributed by atoms with E-state index in [4.69, 9.17) is 14.6 Å². The molecule has 2 aromatic carbocycles. The number of hydrogen-bond donors (Lipinski definition) is 2. The van der Waals surface area contributed by atoms with Crippen LogP contribution in [0.1, 0.15) is 37.8 Å². The van der Waals surface area contributed by atoms with Crippen molar-refractivity contribution in [2.24, 2.45) is 0 Å². The zero-order valence-corrected chi connectivity index (χ0v) is 15.8. The number of ether oxygens (including phenoxy) is 2. The van der Waals surface area contributed by atoms with Crippen LogP contribution in [0, 0.1) is 0 Å². The van der Waals surface area contributed by atoms with Crippen molar-refractivity contribution in [1.29, 1.82) is 0 Å². The zero-order valence-electron chi connectivity index (χ0n) is 15.8. The van der Waals surface area contributed by atoms with E-state index in [0.29, 0.717) is 24.0 Å². The van der Waals surface area contributed by atoms with E-state index in [1.54, 1.807) is 25.1 Å². The maximum atomic E-state index is 12.3. The molecule has 2 rings (SSSR count). The molecule has 0 saturated carbocycles. The molecule has 144 valence electrons. The molecule has 0 saturated heterocycles. The van der Waals surface area contributed by atoms with E-state index >= 15 is 0 Å². The lowest BCUT2D eigenvalue weighted by Gasteiger charge is -2.16. The summed E-state index contributed by atoms with van der Waals surface area (Å²) in [6.45, 7) is 5.79. The number of rotatable bonds is 9. The molecule has 0 aliphatic rings. The molecule has 2 aromatic rings. The van der Waals surface area contributed by atoms with Gasteiger partial charge in [-0.05, 0) is 48.2 Å². The highest BCUT2D eigenvalue weighted by Gasteiger charge is 2.15. The summed E-state index contributed by atoms with van der Waals surface area (Å²) in [6.07, 6.45) is -0.640. The third-order valence-electron chi connectivity index (χ3n) is 3.93. The van der Waals surface area contributed by atoms with Crippen LogP contribution in [0.2, 0.25) is 0 Å². The van der Waals surface area contributed by atoms with Gasteiger partial charge in [0.2, 0.25) is 0 Å². The number of carboxylic acids is 1. The molecule has 2 N–H and O–H groups in total. The topological polar surface area (TPSA) is 84.9 Å². The standard InChI is InChI=1S/C21H25NO5/c1-14(2)17-7-5-9-19(11-17)27-15(3)21(25)22-12-16-6-4-8-18(10-16)26-13-20(23)24/h4-11,14-15H,12-13H2,1-3H3,(H,22,25)(H,23,24). The summed E-state index contributed by atoms with van der Waals surface area (Å²) in [5, 5.41) is 11.5. The van der Waals surface area contributed by atoms with Crippen molar-refractivity contribution < 1.29 is 24.2 Å². The number of hydrogen-bond acceptors (Lipinski definition) is 4. The first-order valence-electron chi connectivity index (χ1n) is 8.83. The van der Waals surface area contributed by atoms with Gasteiger partial charge in [0.1, 0.15) is 11.5 Å². The smallest absolute Gasteiger partial charge is 0.341 e. The summed E-state index contributed by atoms with van der Waals surface area (Å²) in [6, 6.07) is 14.7. The number of carbonyl (C=O) groups is 2. The number of amides is 1. The second-order valence-electron chi connectivity index (χ2n) is 6.53. The highest BCUT2D eigenvalue weighted by atomic mass is 16.5. The van der Waals surface area contributed by atoms with Crippen LogP contribution in [0.15, 0.2) is 48.5 Å². The molecule has 1 unspecified atom stereocenters. The monoisotopic (exact) mass is 371 g/mol. The van der Waals surface area contributed by atoms with Gasteiger partial charge in [-0.15, -0.1) is 0 Å². The van der Waals surface area contributed by atoms with Crippen LogP contribution in [0.4, 0.5) is 0 Å². The fraction of sp³-hybridized carbons (Fsp3) is 0.333. The fourth-order valence-electron chi connectivity index (χ4n) is 2.43. The number of aliphatic carboxylic acids is 1. The van der Waals surface area contributed by atoms with Gasteiger partial charge >= 0.3 is 5.97 Å². The van der Waals surface area contributed by atoms with Crippen molar-refractivity contribution in [2.75, 3.05) is 6.61 Å². The Hall–Kier alpha value is -3.02. The van der Waals surface area contributed by atoms with Gasteiger partial charge in [-0.3, -0.25) is 4.79 Å². The first-order chi connectivity index (χ1) is 12.8. The van der Waals surface area contributed by atoms with Crippen molar-refractivity contribution in [3.05, 3.63) is 59.7 Å². The zero-order chi connectivity index (χ0) is 19.8. The lowest BCUT2D eigenvalue weighted by Crippen LogP contribution is -2.35. The number of nitrogens with one attached hydrogen (secondary N) is 1. The van der Waals surface area contributed by atoms with Crippen LogP contribution < -0.4 is 14.8 Å². The molecular weight excluding hydrogens is 346 g/mol. The maximum Gasteiger partial charge on any atom is 0.341 e. The Morgan fingerprint density at radius 2 is 1.74 bits per heavy atom. The maximum absolute atomic E-state index is 12.3. The van der Waals surface area contributed by atoms with Crippen LogP contribution in [0.5, 0.6) is 11.5 Å². The third-order valence-corrected chi connectivity index (χ3v) is 3.93. The van der Waals surface area contributed by atoms with Crippen LogP contribution >= 0.6 is 0 Å². The van der Waals surface area contributed by atoms with Gasteiger partial charge in [0, 0.05) is 6.54 Å². The van der Waals surface area contributed by atoms with E-state index in [1.165, 1.54) is 0 Å². The van der Waals surface area contributed by atoms with Gasteiger partial charge in [0.05, 0.1) is 0 Å². The minimum Gasteiger partial charge on any atom is -0.482 e. The largest absolute Gasteiger partial charge is 0.482 e. The summed E-state index contributed by atoms with van der Waals surface area (Å²) in [5.41, 5.74) is 1.96. The van der Waals surface area contributed by atoms with E-state index in [1.807, 2.05) is 30.3 Å². The highest BCUT2D eigenvalue weighted by molar-refractivity contribution is 5.80. The fourth-order valence-corrected chi connectivity index (χ4v) is 2.43. The number of carboxylic acid groups (broad SMARTS) is 1. The minimum atomic E-state index is -1.04. The molecule has 0 bridgehead atoms. The molecule has 0 radical (unpaired) electrons. The van der Waals surface area contributed by atoms with E-state index in [0.717, 1.165) is 11.1 Å². The Bertz CT molecular complexity index is 788. The Kier molecular flexibility index (Phi) is 7.23. The van der Waals surface area contributed by atoms with Crippen molar-refractivity contribution in [3.63, 3.8) is 0 Å². The first kappa shape index (κ1) is 20.3. The van der Waals surface area contributed by atoms with Gasteiger partial charge in [-0.1, -0.05) is 38.1 Å². The molecule has 6 nitrogen and oxygen atoms in total. The SMILES string of the molecule is CC(Oc1cccc(C(C)C)c1)C(=O)NCc1cccc(OCC(=O)O)c1. The van der Waals surface area contributed by atoms with Gasteiger partial charge in [0.15, 0.2) is 12.7 Å². The molecule has 1 atom stereocenters. The molecule has 0 aliphatic carbocycles. The summed E-state index contributed by atoms with van der Waals surface area (Å²) in [4.78, 5) is 22.9. The third kappa shape index (κ3) is 6.66. The van der Waals surface area contributed by atoms with Gasteiger partial charge < -0.3 is 19.9 Å². The van der Waals surface area contributed by atoms with E-state index in [2.05, 4.69) is 19.2 Å². The van der Waals surface area contributed by atoms with Gasteiger partial charge in [0.25, 0.3) is 5.91 Å². The second-order valence-corrected chi connectivity index (χ2v) is 6.53. The average molecular weight is 371 g/mol. The Balaban J connectivity index is 1.88. The van der Waals surface area contributed by atoms with Gasteiger partial charge in [-0.25, -0.2) is 4.79 Å². The normalized spacial score (nSPS) is 11.7.